The summed E-state index contributed by atoms with van der Waals surface area (Å²) in [6.07, 6.45) is 4.37. The second-order valence-corrected chi connectivity index (χ2v) is 4.94. The lowest BCUT2D eigenvalue weighted by molar-refractivity contribution is 0.0498. The lowest BCUT2D eigenvalue weighted by Crippen LogP contribution is -2.06. The van der Waals surface area contributed by atoms with E-state index in [1.54, 1.807) is 30.3 Å². The Morgan fingerprint density at radius 1 is 1.05 bits per heavy atom. The molecule has 0 aliphatic carbocycles. The average molecular weight is 272 g/mol. The summed E-state index contributed by atoms with van der Waals surface area (Å²) >= 11 is 0. The summed E-state index contributed by atoms with van der Waals surface area (Å²) in [5, 5.41) is 11.2. The molecule has 0 aromatic heterocycles. The number of esters is 1. The molecule has 0 saturated heterocycles. The zero-order valence-electron chi connectivity index (χ0n) is 11.8. The molecule has 0 saturated carbocycles. The van der Waals surface area contributed by atoms with E-state index in [2.05, 4.69) is 6.92 Å². The fourth-order valence-corrected chi connectivity index (χ4v) is 2.14. The summed E-state index contributed by atoms with van der Waals surface area (Å²) in [6, 6.07) is 10.4. The molecule has 0 radical (unpaired) electrons. The third-order valence-corrected chi connectivity index (χ3v) is 3.29. The van der Waals surface area contributed by atoms with Crippen LogP contribution in [0.1, 0.15) is 43.0 Å². The van der Waals surface area contributed by atoms with Gasteiger partial charge in [-0.2, -0.15) is 0 Å². The third kappa shape index (κ3) is 3.73. The normalized spacial score (nSPS) is 10.7. The number of rotatable bonds is 6. The van der Waals surface area contributed by atoms with Gasteiger partial charge in [0.1, 0.15) is 5.75 Å². The van der Waals surface area contributed by atoms with Crippen molar-refractivity contribution in [2.75, 3.05) is 6.61 Å². The third-order valence-electron chi connectivity index (χ3n) is 3.29. The molecular formula is C17H20O3. The minimum atomic E-state index is -0.281. The van der Waals surface area contributed by atoms with Gasteiger partial charge in [-0.05, 0) is 41.5 Å². The highest BCUT2D eigenvalue weighted by molar-refractivity contribution is 5.95. The summed E-state index contributed by atoms with van der Waals surface area (Å²) in [6.45, 7) is 2.63. The molecule has 2 rings (SSSR count). The highest BCUT2D eigenvalue weighted by atomic mass is 16.5. The number of phenolic OH excluding ortho intramolecular Hbond substituents is 1. The van der Waals surface area contributed by atoms with Gasteiger partial charge in [0.2, 0.25) is 0 Å². The van der Waals surface area contributed by atoms with Gasteiger partial charge in [0.25, 0.3) is 0 Å². The summed E-state index contributed by atoms with van der Waals surface area (Å²) in [7, 11) is 0. The van der Waals surface area contributed by atoms with E-state index in [0.29, 0.717) is 12.2 Å². The van der Waals surface area contributed by atoms with E-state index < -0.39 is 0 Å². The molecule has 20 heavy (non-hydrogen) atoms. The fourth-order valence-electron chi connectivity index (χ4n) is 2.14. The SMILES string of the molecule is CCCCCCOC(=O)c1ccc2cc(O)ccc2c1. The summed E-state index contributed by atoms with van der Waals surface area (Å²) in [4.78, 5) is 11.9. The van der Waals surface area contributed by atoms with Crippen molar-refractivity contribution in [3.8, 4) is 5.75 Å². The Bertz CT molecular complexity index is 590. The second kappa shape index (κ2) is 6.94. The van der Waals surface area contributed by atoms with Crippen LogP contribution in [0.25, 0.3) is 10.8 Å². The molecule has 2 aromatic carbocycles. The number of ether oxygens (including phenoxy) is 1. The van der Waals surface area contributed by atoms with Gasteiger partial charge in [-0.25, -0.2) is 4.79 Å². The maximum atomic E-state index is 11.9. The largest absolute Gasteiger partial charge is 0.508 e. The van der Waals surface area contributed by atoms with Crippen LogP contribution in [0.5, 0.6) is 5.75 Å². The van der Waals surface area contributed by atoms with E-state index in [9.17, 15) is 9.90 Å². The molecule has 3 heteroatoms. The first-order valence-electron chi connectivity index (χ1n) is 7.10. The molecule has 0 amide bonds. The Labute approximate surface area is 119 Å². The van der Waals surface area contributed by atoms with Crippen molar-refractivity contribution in [1.82, 2.24) is 0 Å². The number of hydrogen-bond donors (Lipinski definition) is 1. The van der Waals surface area contributed by atoms with Crippen LogP contribution in [0.2, 0.25) is 0 Å². The maximum absolute atomic E-state index is 11.9. The lowest BCUT2D eigenvalue weighted by Gasteiger charge is -2.06. The van der Waals surface area contributed by atoms with Crippen molar-refractivity contribution in [2.24, 2.45) is 0 Å². The van der Waals surface area contributed by atoms with E-state index in [0.717, 1.165) is 23.6 Å². The van der Waals surface area contributed by atoms with Crippen LogP contribution >= 0.6 is 0 Å². The van der Waals surface area contributed by atoms with Crippen LogP contribution in [0.3, 0.4) is 0 Å². The standard InChI is InChI=1S/C17H20O3/c1-2-3-4-5-10-20-17(19)15-7-6-14-12-16(18)9-8-13(14)11-15/h6-9,11-12,18H,2-5,10H2,1H3. The van der Waals surface area contributed by atoms with Crippen molar-refractivity contribution in [1.29, 1.82) is 0 Å². The van der Waals surface area contributed by atoms with Crippen molar-refractivity contribution >= 4 is 16.7 Å². The highest BCUT2D eigenvalue weighted by Gasteiger charge is 2.07. The number of carbonyl (C=O) groups excluding carboxylic acids is 1. The Morgan fingerprint density at radius 2 is 1.80 bits per heavy atom. The van der Waals surface area contributed by atoms with E-state index in [1.807, 2.05) is 6.07 Å². The first-order valence-corrected chi connectivity index (χ1v) is 7.10. The van der Waals surface area contributed by atoms with Gasteiger partial charge < -0.3 is 9.84 Å². The molecule has 0 fully saturated rings. The minimum Gasteiger partial charge on any atom is -0.508 e. The van der Waals surface area contributed by atoms with Crippen molar-refractivity contribution in [2.45, 2.75) is 32.6 Å². The van der Waals surface area contributed by atoms with E-state index in [4.69, 9.17) is 4.74 Å². The van der Waals surface area contributed by atoms with Gasteiger partial charge >= 0.3 is 5.97 Å². The van der Waals surface area contributed by atoms with Crippen LogP contribution in [-0.4, -0.2) is 17.7 Å². The number of hydrogen-bond acceptors (Lipinski definition) is 3. The molecule has 0 atom stereocenters. The summed E-state index contributed by atoms with van der Waals surface area (Å²) in [5.74, 6) is -0.0553. The van der Waals surface area contributed by atoms with Gasteiger partial charge in [0, 0.05) is 0 Å². The van der Waals surface area contributed by atoms with Crippen molar-refractivity contribution in [3.63, 3.8) is 0 Å². The monoisotopic (exact) mass is 272 g/mol. The highest BCUT2D eigenvalue weighted by Crippen LogP contribution is 2.21. The number of phenols is 1. The molecule has 0 heterocycles. The van der Waals surface area contributed by atoms with Gasteiger partial charge in [0.15, 0.2) is 0 Å². The van der Waals surface area contributed by atoms with Crippen LogP contribution in [0.15, 0.2) is 36.4 Å². The summed E-state index contributed by atoms with van der Waals surface area (Å²) in [5.41, 5.74) is 0.554. The molecule has 3 nitrogen and oxygen atoms in total. The Kier molecular flexibility index (Phi) is 4.99. The quantitative estimate of drug-likeness (QED) is 0.630. The second-order valence-electron chi connectivity index (χ2n) is 4.94. The van der Waals surface area contributed by atoms with Gasteiger partial charge in [-0.1, -0.05) is 38.3 Å². The first kappa shape index (κ1) is 14.4. The Balaban J connectivity index is 1.98. The molecule has 0 spiro atoms. The Morgan fingerprint density at radius 3 is 2.60 bits per heavy atom. The van der Waals surface area contributed by atoms with Gasteiger partial charge in [-0.15, -0.1) is 0 Å². The smallest absolute Gasteiger partial charge is 0.338 e. The molecule has 106 valence electrons. The Hall–Kier alpha value is -2.03. The fraction of sp³-hybridized carbons (Fsp3) is 0.353. The van der Waals surface area contributed by atoms with E-state index >= 15 is 0 Å². The van der Waals surface area contributed by atoms with Gasteiger partial charge in [0.05, 0.1) is 12.2 Å². The molecule has 0 bridgehead atoms. The average Bonchev–Trinajstić information content (AvgIpc) is 2.46. The number of carbonyl (C=O) groups is 1. The molecule has 2 aromatic rings. The molecule has 0 unspecified atom stereocenters. The van der Waals surface area contributed by atoms with Crippen molar-refractivity contribution < 1.29 is 14.6 Å². The number of benzene rings is 2. The maximum Gasteiger partial charge on any atom is 0.338 e. The predicted molar refractivity (Wildman–Crippen MR) is 80.0 cm³/mol. The zero-order valence-corrected chi connectivity index (χ0v) is 11.8. The van der Waals surface area contributed by atoms with Crippen LogP contribution in [0.4, 0.5) is 0 Å². The number of unbranched alkanes of at least 4 members (excludes halogenated alkanes) is 3. The van der Waals surface area contributed by atoms with E-state index in [1.165, 1.54) is 12.8 Å². The zero-order chi connectivity index (χ0) is 14.4. The summed E-state index contributed by atoms with van der Waals surface area (Å²) < 4.78 is 5.26. The van der Waals surface area contributed by atoms with Crippen LogP contribution in [-0.2, 0) is 4.74 Å². The predicted octanol–water partition coefficient (Wildman–Crippen LogP) is 4.28. The molecular weight excluding hydrogens is 252 g/mol. The van der Waals surface area contributed by atoms with Crippen molar-refractivity contribution in [3.05, 3.63) is 42.0 Å². The van der Waals surface area contributed by atoms with Crippen LogP contribution < -0.4 is 0 Å². The molecule has 0 aliphatic heterocycles. The lowest BCUT2D eigenvalue weighted by atomic mass is 10.1. The van der Waals surface area contributed by atoms with E-state index in [-0.39, 0.29) is 11.7 Å². The molecule has 1 N–H and O–H groups in total. The molecule has 0 aliphatic rings. The number of aromatic hydroxyl groups is 1. The first-order chi connectivity index (χ1) is 9.70. The van der Waals surface area contributed by atoms with Gasteiger partial charge in [-0.3, -0.25) is 0 Å². The number of fused-ring (bicyclic) bond motifs is 1. The van der Waals surface area contributed by atoms with Crippen LogP contribution in [0, 0.1) is 0 Å². The minimum absolute atomic E-state index is 0.226. The topological polar surface area (TPSA) is 46.5 Å².